The van der Waals surface area contributed by atoms with Crippen LogP contribution in [0.25, 0.3) is 11.4 Å². The van der Waals surface area contributed by atoms with Crippen molar-refractivity contribution in [2.75, 3.05) is 5.32 Å². The standard InChI is InChI=1S/C20H18N6O/c27-20(15-25-13-10-18(24-25)17-8-4-5-11-21-17)23-19-9-12-22-26(19)14-16-6-2-1-3-7-16/h1-13H,14-15H2,(H,23,27). The lowest BCUT2D eigenvalue weighted by Crippen LogP contribution is -2.21. The zero-order valence-corrected chi connectivity index (χ0v) is 14.6. The smallest absolute Gasteiger partial charge is 0.247 e. The van der Waals surface area contributed by atoms with E-state index in [0.717, 1.165) is 17.0 Å². The van der Waals surface area contributed by atoms with Gasteiger partial charge >= 0.3 is 0 Å². The van der Waals surface area contributed by atoms with Crippen LogP contribution in [0.15, 0.2) is 79.3 Å². The molecule has 0 atom stereocenters. The van der Waals surface area contributed by atoms with Gasteiger partial charge in [-0.25, -0.2) is 4.68 Å². The molecule has 7 nitrogen and oxygen atoms in total. The number of benzene rings is 1. The molecule has 0 saturated heterocycles. The number of pyridine rings is 1. The van der Waals surface area contributed by atoms with E-state index in [1.54, 1.807) is 34.0 Å². The van der Waals surface area contributed by atoms with Gasteiger partial charge in [-0.1, -0.05) is 36.4 Å². The highest BCUT2D eigenvalue weighted by Crippen LogP contribution is 2.13. The summed E-state index contributed by atoms with van der Waals surface area (Å²) in [5.74, 6) is 0.487. The van der Waals surface area contributed by atoms with Crippen molar-refractivity contribution in [3.05, 3.63) is 84.8 Å². The Morgan fingerprint density at radius 3 is 2.59 bits per heavy atom. The second-order valence-electron chi connectivity index (χ2n) is 6.02. The predicted octanol–water partition coefficient (Wildman–Crippen LogP) is 2.83. The second kappa shape index (κ2) is 7.65. The van der Waals surface area contributed by atoms with Gasteiger partial charge in [0.05, 0.1) is 18.4 Å². The van der Waals surface area contributed by atoms with Gasteiger partial charge in [-0.15, -0.1) is 0 Å². The van der Waals surface area contributed by atoms with Crippen molar-refractivity contribution in [2.24, 2.45) is 0 Å². The number of hydrogen-bond acceptors (Lipinski definition) is 4. The summed E-state index contributed by atoms with van der Waals surface area (Å²) in [5, 5.41) is 11.6. The third kappa shape index (κ3) is 4.09. The zero-order valence-electron chi connectivity index (χ0n) is 14.6. The van der Waals surface area contributed by atoms with Crippen LogP contribution >= 0.6 is 0 Å². The molecule has 3 aromatic heterocycles. The summed E-state index contributed by atoms with van der Waals surface area (Å²) < 4.78 is 3.35. The Labute approximate surface area is 156 Å². The molecule has 0 aliphatic rings. The molecule has 4 rings (SSSR count). The Morgan fingerprint density at radius 2 is 1.78 bits per heavy atom. The summed E-state index contributed by atoms with van der Waals surface area (Å²) in [6, 6.07) is 19.2. The maximum Gasteiger partial charge on any atom is 0.247 e. The first kappa shape index (κ1) is 16.7. The van der Waals surface area contributed by atoms with Crippen LogP contribution in [0.2, 0.25) is 0 Å². The average molecular weight is 358 g/mol. The van der Waals surface area contributed by atoms with Crippen molar-refractivity contribution >= 4 is 11.7 Å². The van der Waals surface area contributed by atoms with Crippen molar-refractivity contribution in [2.45, 2.75) is 13.1 Å². The van der Waals surface area contributed by atoms with Crippen LogP contribution in [0.1, 0.15) is 5.56 Å². The van der Waals surface area contributed by atoms with Gasteiger partial charge < -0.3 is 5.32 Å². The van der Waals surface area contributed by atoms with Crippen molar-refractivity contribution in [3.63, 3.8) is 0 Å². The van der Waals surface area contributed by atoms with Crippen LogP contribution in [-0.4, -0.2) is 30.5 Å². The molecule has 1 amide bonds. The van der Waals surface area contributed by atoms with Gasteiger partial charge in [0.15, 0.2) is 0 Å². The molecular weight excluding hydrogens is 340 g/mol. The Morgan fingerprint density at radius 1 is 0.926 bits per heavy atom. The summed E-state index contributed by atoms with van der Waals surface area (Å²) >= 11 is 0. The molecule has 134 valence electrons. The van der Waals surface area contributed by atoms with E-state index in [0.29, 0.717) is 12.4 Å². The molecular formula is C20H18N6O. The summed E-state index contributed by atoms with van der Waals surface area (Å²) in [7, 11) is 0. The fourth-order valence-corrected chi connectivity index (χ4v) is 2.75. The van der Waals surface area contributed by atoms with E-state index in [1.807, 2.05) is 54.6 Å². The number of aromatic nitrogens is 5. The molecule has 0 unspecified atom stereocenters. The van der Waals surface area contributed by atoms with Gasteiger partial charge in [0, 0.05) is 18.5 Å². The van der Waals surface area contributed by atoms with Gasteiger partial charge in [-0.3, -0.25) is 14.5 Å². The number of nitrogens with one attached hydrogen (secondary N) is 1. The van der Waals surface area contributed by atoms with E-state index in [2.05, 4.69) is 20.5 Å². The largest absolute Gasteiger partial charge is 0.309 e. The first-order valence-electron chi connectivity index (χ1n) is 8.58. The first-order chi connectivity index (χ1) is 13.3. The fourth-order valence-electron chi connectivity index (χ4n) is 2.75. The highest BCUT2D eigenvalue weighted by atomic mass is 16.2. The SMILES string of the molecule is O=C(Cn1ccc(-c2ccccn2)n1)Nc1ccnn1Cc1ccccc1. The van der Waals surface area contributed by atoms with Crippen LogP contribution in [0.5, 0.6) is 0 Å². The maximum atomic E-state index is 12.4. The van der Waals surface area contributed by atoms with Crippen molar-refractivity contribution in [3.8, 4) is 11.4 Å². The molecule has 27 heavy (non-hydrogen) atoms. The summed E-state index contributed by atoms with van der Waals surface area (Å²) in [6.45, 7) is 0.707. The normalized spacial score (nSPS) is 10.7. The Balaban J connectivity index is 1.41. The molecule has 0 saturated carbocycles. The zero-order chi connectivity index (χ0) is 18.5. The minimum atomic E-state index is -0.166. The molecule has 0 spiro atoms. The van der Waals surface area contributed by atoms with E-state index in [-0.39, 0.29) is 12.5 Å². The molecule has 4 aromatic rings. The topological polar surface area (TPSA) is 77.6 Å². The summed E-state index contributed by atoms with van der Waals surface area (Å²) in [6.07, 6.45) is 5.16. The van der Waals surface area contributed by atoms with E-state index < -0.39 is 0 Å². The van der Waals surface area contributed by atoms with Gasteiger partial charge in [0.2, 0.25) is 5.91 Å². The molecule has 0 radical (unpaired) electrons. The van der Waals surface area contributed by atoms with Gasteiger partial charge in [0.25, 0.3) is 0 Å². The third-order valence-corrected chi connectivity index (χ3v) is 4.03. The van der Waals surface area contributed by atoms with Crippen LogP contribution < -0.4 is 5.32 Å². The number of rotatable bonds is 6. The van der Waals surface area contributed by atoms with E-state index in [9.17, 15) is 4.79 Å². The number of anilines is 1. The van der Waals surface area contributed by atoms with Gasteiger partial charge in [0.1, 0.15) is 18.1 Å². The Bertz CT molecular complexity index is 1020. The van der Waals surface area contributed by atoms with E-state index in [1.165, 1.54) is 0 Å². The number of hydrogen-bond donors (Lipinski definition) is 1. The summed E-state index contributed by atoms with van der Waals surface area (Å²) in [5.41, 5.74) is 2.62. The van der Waals surface area contributed by atoms with Crippen LogP contribution in [-0.2, 0) is 17.9 Å². The van der Waals surface area contributed by atoms with Crippen molar-refractivity contribution in [1.82, 2.24) is 24.5 Å². The predicted molar refractivity (Wildman–Crippen MR) is 102 cm³/mol. The average Bonchev–Trinajstić information content (AvgIpc) is 3.33. The van der Waals surface area contributed by atoms with Gasteiger partial charge in [-0.05, 0) is 23.8 Å². The molecule has 1 aromatic carbocycles. The Kier molecular flexibility index (Phi) is 4.74. The lowest BCUT2D eigenvalue weighted by atomic mass is 10.2. The molecule has 0 aliphatic carbocycles. The molecule has 0 fully saturated rings. The monoisotopic (exact) mass is 358 g/mol. The second-order valence-corrected chi connectivity index (χ2v) is 6.02. The molecule has 1 N–H and O–H groups in total. The van der Waals surface area contributed by atoms with E-state index in [4.69, 9.17) is 0 Å². The van der Waals surface area contributed by atoms with Gasteiger partial charge in [-0.2, -0.15) is 10.2 Å². The van der Waals surface area contributed by atoms with Crippen LogP contribution in [0.3, 0.4) is 0 Å². The summed E-state index contributed by atoms with van der Waals surface area (Å²) in [4.78, 5) is 16.7. The number of carbonyl (C=O) groups excluding carboxylic acids is 1. The van der Waals surface area contributed by atoms with Crippen molar-refractivity contribution < 1.29 is 4.79 Å². The highest BCUT2D eigenvalue weighted by Gasteiger charge is 2.10. The highest BCUT2D eigenvalue weighted by molar-refractivity contribution is 5.89. The minimum Gasteiger partial charge on any atom is -0.309 e. The lowest BCUT2D eigenvalue weighted by Gasteiger charge is -2.09. The fraction of sp³-hybridized carbons (Fsp3) is 0.100. The van der Waals surface area contributed by atoms with Crippen LogP contribution in [0, 0.1) is 0 Å². The number of carbonyl (C=O) groups is 1. The first-order valence-corrected chi connectivity index (χ1v) is 8.58. The number of amides is 1. The minimum absolute atomic E-state index is 0.114. The number of nitrogens with zero attached hydrogens (tertiary/aromatic N) is 5. The third-order valence-electron chi connectivity index (χ3n) is 4.03. The van der Waals surface area contributed by atoms with Crippen molar-refractivity contribution in [1.29, 1.82) is 0 Å². The maximum absolute atomic E-state index is 12.4. The quantitative estimate of drug-likeness (QED) is 0.575. The van der Waals surface area contributed by atoms with E-state index >= 15 is 0 Å². The molecule has 0 aliphatic heterocycles. The van der Waals surface area contributed by atoms with Crippen LogP contribution in [0.4, 0.5) is 5.82 Å². The molecule has 7 heteroatoms. The lowest BCUT2D eigenvalue weighted by molar-refractivity contribution is -0.116. The molecule has 0 bridgehead atoms. The molecule has 3 heterocycles. The Hall–Kier alpha value is -3.74.